The predicted octanol–water partition coefficient (Wildman–Crippen LogP) is 3.59. The van der Waals surface area contributed by atoms with Gasteiger partial charge in [0.25, 0.3) is 5.91 Å². The molecule has 1 aromatic rings. The third-order valence-electron chi connectivity index (χ3n) is 3.38. The van der Waals surface area contributed by atoms with Crippen LogP contribution in [0.5, 0.6) is 0 Å². The first-order valence-electron chi connectivity index (χ1n) is 7.57. The molecule has 1 aromatic heterocycles. The molecule has 1 aliphatic heterocycles. The molecule has 6 nitrogen and oxygen atoms in total. The highest BCUT2D eigenvalue weighted by Gasteiger charge is 2.30. The van der Waals surface area contributed by atoms with Crippen LogP contribution in [0.3, 0.4) is 0 Å². The SMILES string of the molecule is Cc1nc(NC(=O)OC(C)(C)C)sc1C(=O)N1C(C)C=CC1C. The minimum absolute atomic E-state index is 0.0567. The maximum absolute atomic E-state index is 12.7. The van der Waals surface area contributed by atoms with Crippen molar-refractivity contribution in [1.82, 2.24) is 9.88 Å². The van der Waals surface area contributed by atoms with Gasteiger partial charge in [0.1, 0.15) is 10.5 Å². The van der Waals surface area contributed by atoms with Crippen molar-refractivity contribution >= 4 is 28.5 Å². The van der Waals surface area contributed by atoms with E-state index in [1.807, 2.05) is 26.0 Å². The van der Waals surface area contributed by atoms with E-state index in [9.17, 15) is 9.59 Å². The fraction of sp³-hybridized carbons (Fsp3) is 0.562. The Hall–Kier alpha value is -1.89. The fourth-order valence-electron chi connectivity index (χ4n) is 2.40. The van der Waals surface area contributed by atoms with Gasteiger partial charge in [-0.25, -0.2) is 9.78 Å². The molecule has 0 bridgehead atoms. The molecule has 2 amide bonds. The average molecular weight is 337 g/mol. The standard InChI is InChI=1S/C16H23N3O3S/c1-9-7-8-10(2)19(9)13(20)12-11(3)17-14(23-12)18-15(21)22-16(4,5)6/h7-10H,1-6H3,(H,17,18,21). The number of amides is 2. The Morgan fingerprint density at radius 1 is 1.26 bits per heavy atom. The third kappa shape index (κ3) is 4.10. The average Bonchev–Trinajstić information content (AvgIpc) is 2.90. The molecule has 7 heteroatoms. The van der Waals surface area contributed by atoms with E-state index in [1.54, 1.807) is 32.6 Å². The zero-order chi connectivity index (χ0) is 17.4. The monoisotopic (exact) mass is 337 g/mol. The van der Waals surface area contributed by atoms with E-state index in [0.29, 0.717) is 15.7 Å². The second-order valence-electron chi connectivity index (χ2n) is 6.64. The first-order chi connectivity index (χ1) is 10.6. The van der Waals surface area contributed by atoms with Crippen molar-refractivity contribution in [1.29, 1.82) is 0 Å². The number of nitrogens with one attached hydrogen (secondary N) is 1. The topological polar surface area (TPSA) is 71.5 Å². The molecule has 0 spiro atoms. The lowest BCUT2D eigenvalue weighted by molar-refractivity contribution is 0.0634. The summed E-state index contributed by atoms with van der Waals surface area (Å²) in [6.45, 7) is 11.1. The highest BCUT2D eigenvalue weighted by molar-refractivity contribution is 7.17. The van der Waals surface area contributed by atoms with Crippen LogP contribution in [0.4, 0.5) is 9.93 Å². The van der Waals surface area contributed by atoms with Gasteiger partial charge in [-0.05, 0) is 41.5 Å². The second-order valence-corrected chi connectivity index (χ2v) is 7.64. The van der Waals surface area contributed by atoms with Gasteiger partial charge < -0.3 is 9.64 Å². The number of rotatable bonds is 2. The van der Waals surface area contributed by atoms with Crippen LogP contribution in [0.15, 0.2) is 12.2 Å². The summed E-state index contributed by atoms with van der Waals surface area (Å²) in [5.74, 6) is -0.0674. The Morgan fingerprint density at radius 3 is 2.35 bits per heavy atom. The van der Waals surface area contributed by atoms with E-state index in [1.165, 1.54) is 11.3 Å². The Morgan fingerprint density at radius 2 is 1.83 bits per heavy atom. The lowest BCUT2D eigenvalue weighted by Crippen LogP contribution is -2.39. The smallest absolute Gasteiger partial charge is 0.413 e. The Kier molecular flexibility index (Phi) is 4.79. The molecule has 0 fully saturated rings. The molecule has 126 valence electrons. The maximum atomic E-state index is 12.7. The molecule has 0 aliphatic carbocycles. The van der Waals surface area contributed by atoms with Crippen molar-refractivity contribution in [3.8, 4) is 0 Å². The van der Waals surface area contributed by atoms with E-state index in [-0.39, 0.29) is 18.0 Å². The van der Waals surface area contributed by atoms with Crippen molar-refractivity contribution < 1.29 is 14.3 Å². The Balaban J connectivity index is 2.12. The predicted molar refractivity (Wildman–Crippen MR) is 90.9 cm³/mol. The van der Waals surface area contributed by atoms with Gasteiger partial charge in [-0.15, -0.1) is 0 Å². The summed E-state index contributed by atoms with van der Waals surface area (Å²) in [6, 6.07) is 0.113. The van der Waals surface area contributed by atoms with Crippen molar-refractivity contribution in [2.45, 2.75) is 59.2 Å². The normalized spacial score (nSPS) is 20.7. The highest BCUT2D eigenvalue weighted by Crippen LogP contribution is 2.28. The number of carbonyl (C=O) groups excluding carboxylic acids is 2. The summed E-state index contributed by atoms with van der Waals surface area (Å²) in [5, 5.41) is 2.96. The van der Waals surface area contributed by atoms with Gasteiger partial charge >= 0.3 is 6.09 Å². The molecule has 2 rings (SSSR count). The molecule has 2 unspecified atom stereocenters. The van der Waals surface area contributed by atoms with Gasteiger partial charge in [0.05, 0.1) is 5.69 Å². The summed E-state index contributed by atoms with van der Waals surface area (Å²) in [6.07, 6.45) is 3.45. The van der Waals surface area contributed by atoms with Crippen molar-refractivity contribution in [3.05, 3.63) is 22.7 Å². The summed E-state index contributed by atoms with van der Waals surface area (Å²) < 4.78 is 5.20. The lowest BCUT2D eigenvalue weighted by atomic mass is 10.2. The molecule has 2 heterocycles. The van der Waals surface area contributed by atoms with E-state index < -0.39 is 11.7 Å². The van der Waals surface area contributed by atoms with Crippen LogP contribution in [0.2, 0.25) is 0 Å². The molecule has 0 saturated carbocycles. The van der Waals surface area contributed by atoms with Crippen molar-refractivity contribution in [2.75, 3.05) is 5.32 Å². The zero-order valence-corrected chi connectivity index (χ0v) is 15.2. The van der Waals surface area contributed by atoms with Crippen LogP contribution >= 0.6 is 11.3 Å². The number of ether oxygens (including phenoxy) is 1. The molecular weight excluding hydrogens is 314 g/mol. The Bertz CT molecular complexity index is 633. The van der Waals surface area contributed by atoms with E-state index in [4.69, 9.17) is 4.74 Å². The van der Waals surface area contributed by atoms with Gasteiger partial charge in [-0.1, -0.05) is 23.5 Å². The van der Waals surface area contributed by atoms with Crippen molar-refractivity contribution in [3.63, 3.8) is 0 Å². The van der Waals surface area contributed by atoms with Gasteiger partial charge in [0.15, 0.2) is 5.13 Å². The molecule has 1 aliphatic rings. The van der Waals surface area contributed by atoms with Crippen LogP contribution in [-0.4, -0.2) is 39.6 Å². The van der Waals surface area contributed by atoms with Crippen LogP contribution < -0.4 is 5.32 Å². The van der Waals surface area contributed by atoms with Crippen LogP contribution in [0, 0.1) is 6.92 Å². The minimum atomic E-state index is -0.582. The fourth-order valence-corrected chi connectivity index (χ4v) is 3.30. The first-order valence-corrected chi connectivity index (χ1v) is 8.38. The van der Waals surface area contributed by atoms with Gasteiger partial charge in [-0.3, -0.25) is 10.1 Å². The first kappa shape index (κ1) is 17.5. The summed E-state index contributed by atoms with van der Waals surface area (Å²) in [4.78, 5) is 31.1. The largest absolute Gasteiger partial charge is 0.444 e. The minimum Gasteiger partial charge on any atom is -0.444 e. The van der Waals surface area contributed by atoms with E-state index in [0.717, 1.165) is 0 Å². The van der Waals surface area contributed by atoms with Gasteiger partial charge in [0.2, 0.25) is 0 Å². The van der Waals surface area contributed by atoms with Crippen LogP contribution in [0.1, 0.15) is 50.0 Å². The van der Waals surface area contributed by atoms with E-state index in [2.05, 4.69) is 10.3 Å². The molecule has 1 N–H and O–H groups in total. The zero-order valence-electron chi connectivity index (χ0n) is 14.3. The molecule has 23 heavy (non-hydrogen) atoms. The Labute approximate surface area is 140 Å². The lowest BCUT2D eigenvalue weighted by Gasteiger charge is -2.26. The number of thiazole rings is 1. The number of carbonyl (C=O) groups is 2. The summed E-state index contributed by atoms with van der Waals surface area (Å²) in [5.41, 5.74) is 0.0264. The number of nitrogens with zero attached hydrogens (tertiary/aromatic N) is 2. The molecule has 0 aromatic carbocycles. The quantitative estimate of drug-likeness (QED) is 0.837. The molecule has 0 saturated heterocycles. The number of anilines is 1. The van der Waals surface area contributed by atoms with Crippen LogP contribution in [-0.2, 0) is 4.74 Å². The number of aromatic nitrogens is 1. The summed E-state index contributed by atoms with van der Waals surface area (Å²) in [7, 11) is 0. The highest BCUT2D eigenvalue weighted by atomic mass is 32.1. The number of hydrogen-bond donors (Lipinski definition) is 1. The van der Waals surface area contributed by atoms with Gasteiger partial charge in [-0.2, -0.15) is 0 Å². The van der Waals surface area contributed by atoms with Gasteiger partial charge in [0, 0.05) is 12.1 Å². The van der Waals surface area contributed by atoms with Crippen LogP contribution in [0.25, 0.3) is 0 Å². The van der Waals surface area contributed by atoms with E-state index >= 15 is 0 Å². The summed E-state index contributed by atoms with van der Waals surface area (Å²) >= 11 is 1.17. The molecule has 0 radical (unpaired) electrons. The third-order valence-corrected chi connectivity index (χ3v) is 4.44. The van der Waals surface area contributed by atoms with Crippen molar-refractivity contribution in [2.24, 2.45) is 0 Å². The molecular formula is C16H23N3O3S. The second kappa shape index (κ2) is 6.31. The molecule has 2 atom stereocenters. The number of aryl methyl sites for hydroxylation is 1. The maximum Gasteiger partial charge on any atom is 0.413 e. The number of hydrogen-bond acceptors (Lipinski definition) is 5.